The molecule has 0 radical (unpaired) electrons. The number of hydrogen-bond acceptors (Lipinski definition) is 3. The van der Waals surface area contributed by atoms with E-state index in [9.17, 15) is 9.36 Å². The molecule has 0 aliphatic rings. The lowest BCUT2D eigenvalue weighted by Gasteiger charge is -2.08. The molecule has 0 heterocycles. The van der Waals surface area contributed by atoms with Gasteiger partial charge in [0.2, 0.25) is 0 Å². The lowest BCUT2D eigenvalue weighted by atomic mass is 10.1. The average Bonchev–Trinajstić information content (AvgIpc) is 2.31. The SMILES string of the molecule is CCOC(=O)CCC(P=O)c1ccccc1. The first kappa shape index (κ1) is 12.9. The van der Waals surface area contributed by atoms with Crippen molar-refractivity contribution in [3.05, 3.63) is 35.9 Å². The van der Waals surface area contributed by atoms with Crippen molar-refractivity contribution >= 4 is 14.4 Å². The number of hydrogen-bond donors (Lipinski definition) is 0. The minimum Gasteiger partial charge on any atom is -0.466 e. The summed E-state index contributed by atoms with van der Waals surface area (Å²) in [5.74, 6) is -0.230. The molecule has 0 aromatic heterocycles. The Morgan fingerprint density at radius 2 is 2.06 bits per heavy atom. The van der Waals surface area contributed by atoms with Gasteiger partial charge in [-0.1, -0.05) is 30.3 Å². The normalized spacial score (nSPS) is 12.3. The quantitative estimate of drug-likeness (QED) is 0.563. The third-order valence-electron chi connectivity index (χ3n) is 2.24. The van der Waals surface area contributed by atoms with Crippen LogP contribution in [0.25, 0.3) is 0 Å². The Morgan fingerprint density at radius 1 is 1.38 bits per heavy atom. The second-order valence-corrected chi connectivity index (χ2v) is 4.21. The van der Waals surface area contributed by atoms with E-state index in [2.05, 4.69) is 0 Å². The zero-order chi connectivity index (χ0) is 11.8. The molecular formula is C12H15O3P. The van der Waals surface area contributed by atoms with E-state index >= 15 is 0 Å². The molecule has 0 aliphatic heterocycles. The molecule has 3 nitrogen and oxygen atoms in total. The molecule has 0 aliphatic carbocycles. The summed E-state index contributed by atoms with van der Waals surface area (Å²) in [6.07, 6.45) is 0.858. The van der Waals surface area contributed by atoms with Crippen molar-refractivity contribution in [3.63, 3.8) is 0 Å². The molecule has 0 fully saturated rings. The van der Waals surface area contributed by atoms with Gasteiger partial charge in [0.05, 0.1) is 12.3 Å². The van der Waals surface area contributed by atoms with E-state index in [1.807, 2.05) is 30.3 Å². The number of rotatable bonds is 6. The molecule has 1 rings (SSSR count). The molecule has 1 atom stereocenters. The Morgan fingerprint density at radius 3 is 2.62 bits per heavy atom. The molecule has 1 aromatic rings. The Labute approximate surface area is 97.0 Å². The van der Waals surface area contributed by atoms with E-state index in [1.54, 1.807) is 6.92 Å². The molecule has 0 spiro atoms. The summed E-state index contributed by atoms with van der Waals surface area (Å²) in [7, 11) is 0.0477. The maximum atomic E-state index is 11.2. The average molecular weight is 238 g/mol. The van der Waals surface area contributed by atoms with Crippen molar-refractivity contribution in [2.24, 2.45) is 0 Å². The lowest BCUT2D eigenvalue weighted by molar-refractivity contribution is -0.143. The first-order chi connectivity index (χ1) is 7.77. The Balaban J connectivity index is 2.50. The van der Waals surface area contributed by atoms with Gasteiger partial charge in [0.1, 0.15) is 0 Å². The second kappa shape index (κ2) is 7.13. The van der Waals surface area contributed by atoms with E-state index in [4.69, 9.17) is 4.74 Å². The molecule has 4 heteroatoms. The van der Waals surface area contributed by atoms with Crippen molar-refractivity contribution in [2.45, 2.75) is 25.4 Å². The highest BCUT2D eigenvalue weighted by Gasteiger charge is 2.13. The molecular weight excluding hydrogens is 223 g/mol. The van der Waals surface area contributed by atoms with Gasteiger partial charge < -0.3 is 4.74 Å². The van der Waals surface area contributed by atoms with Crippen LogP contribution in [0, 0.1) is 0 Å². The van der Waals surface area contributed by atoms with Crippen LogP contribution in [0.4, 0.5) is 0 Å². The third-order valence-corrected chi connectivity index (χ3v) is 3.05. The predicted octanol–water partition coefficient (Wildman–Crippen LogP) is 3.36. The summed E-state index contributed by atoms with van der Waals surface area (Å²) >= 11 is 0. The highest BCUT2D eigenvalue weighted by molar-refractivity contribution is 7.24. The third kappa shape index (κ3) is 4.11. The molecule has 0 saturated heterocycles. The Bertz CT molecular complexity index is 337. The summed E-state index contributed by atoms with van der Waals surface area (Å²) < 4.78 is 15.8. The van der Waals surface area contributed by atoms with Crippen molar-refractivity contribution in [3.8, 4) is 0 Å². The standard InChI is InChI=1S/C12H15O3P/c1-2-15-12(13)9-8-11(16-14)10-6-4-3-5-7-10/h3-7,11H,2,8-9H2,1H3. The maximum absolute atomic E-state index is 11.2. The van der Waals surface area contributed by atoms with Gasteiger partial charge >= 0.3 is 5.97 Å². The minimum atomic E-state index is -0.230. The summed E-state index contributed by atoms with van der Waals surface area (Å²) in [5.41, 5.74) is 0.870. The highest BCUT2D eigenvalue weighted by Crippen LogP contribution is 2.31. The second-order valence-electron chi connectivity index (χ2n) is 3.38. The largest absolute Gasteiger partial charge is 0.466 e. The molecule has 86 valence electrons. The number of carbonyl (C=O) groups excluding carboxylic acids is 1. The number of benzene rings is 1. The summed E-state index contributed by atoms with van der Waals surface area (Å²) in [6.45, 7) is 2.17. The van der Waals surface area contributed by atoms with E-state index in [0.29, 0.717) is 19.4 Å². The van der Waals surface area contributed by atoms with Gasteiger partial charge in [-0.2, -0.15) is 0 Å². The molecule has 0 amide bonds. The topological polar surface area (TPSA) is 43.4 Å². The van der Waals surface area contributed by atoms with Gasteiger partial charge in [-0.05, 0) is 18.9 Å². The van der Waals surface area contributed by atoms with Crippen molar-refractivity contribution in [2.75, 3.05) is 6.61 Å². The van der Waals surface area contributed by atoms with Crippen LogP contribution in [-0.4, -0.2) is 12.6 Å². The summed E-state index contributed by atoms with van der Waals surface area (Å²) in [4.78, 5) is 11.2. The van der Waals surface area contributed by atoms with Gasteiger partial charge in [0, 0.05) is 6.42 Å². The fraction of sp³-hybridized carbons (Fsp3) is 0.417. The van der Waals surface area contributed by atoms with Crippen LogP contribution in [0.15, 0.2) is 30.3 Å². The molecule has 1 aromatic carbocycles. The van der Waals surface area contributed by atoms with Crippen LogP contribution in [0.2, 0.25) is 0 Å². The monoisotopic (exact) mass is 238 g/mol. The van der Waals surface area contributed by atoms with Gasteiger partial charge in [0.25, 0.3) is 0 Å². The van der Waals surface area contributed by atoms with Crippen LogP contribution in [0.5, 0.6) is 0 Å². The van der Waals surface area contributed by atoms with Crippen LogP contribution < -0.4 is 0 Å². The Hall–Kier alpha value is -1.21. The van der Waals surface area contributed by atoms with Crippen LogP contribution in [0.1, 0.15) is 31.0 Å². The molecule has 0 N–H and O–H groups in total. The van der Waals surface area contributed by atoms with E-state index in [0.717, 1.165) is 5.56 Å². The molecule has 0 saturated carbocycles. The van der Waals surface area contributed by atoms with E-state index in [-0.39, 0.29) is 20.1 Å². The van der Waals surface area contributed by atoms with Crippen LogP contribution >= 0.6 is 8.46 Å². The molecule has 0 bridgehead atoms. The zero-order valence-corrected chi connectivity index (χ0v) is 10.2. The van der Waals surface area contributed by atoms with Crippen LogP contribution in [-0.2, 0) is 14.1 Å². The Kier molecular flexibility index (Phi) is 5.73. The van der Waals surface area contributed by atoms with E-state index < -0.39 is 0 Å². The van der Waals surface area contributed by atoms with Gasteiger partial charge in [0.15, 0.2) is 8.46 Å². The van der Waals surface area contributed by atoms with Crippen molar-refractivity contribution < 1.29 is 14.1 Å². The smallest absolute Gasteiger partial charge is 0.305 e. The zero-order valence-electron chi connectivity index (χ0n) is 9.26. The summed E-state index contributed by atoms with van der Waals surface area (Å²) in [6, 6.07) is 9.55. The first-order valence-corrected chi connectivity index (χ1v) is 6.19. The summed E-state index contributed by atoms with van der Waals surface area (Å²) in [5, 5.41) is 0. The minimum absolute atomic E-state index is 0.0477. The van der Waals surface area contributed by atoms with E-state index in [1.165, 1.54) is 0 Å². The van der Waals surface area contributed by atoms with Crippen molar-refractivity contribution in [1.82, 2.24) is 0 Å². The lowest BCUT2D eigenvalue weighted by Crippen LogP contribution is -2.05. The fourth-order valence-corrected chi connectivity index (χ4v) is 1.97. The molecule has 1 unspecified atom stereocenters. The predicted molar refractivity (Wildman–Crippen MR) is 62.7 cm³/mol. The number of carbonyl (C=O) groups is 1. The molecule has 16 heavy (non-hydrogen) atoms. The van der Waals surface area contributed by atoms with Gasteiger partial charge in [-0.15, -0.1) is 0 Å². The van der Waals surface area contributed by atoms with Crippen molar-refractivity contribution in [1.29, 1.82) is 0 Å². The maximum Gasteiger partial charge on any atom is 0.305 e. The number of esters is 1. The highest BCUT2D eigenvalue weighted by atomic mass is 31.1. The van der Waals surface area contributed by atoms with Crippen LogP contribution in [0.3, 0.4) is 0 Å². The first-order valence-electron chi connectivity index (χ1n) is 5.31. The number of ether oxygens (including phenoxy) is 1. The van der Waals surface area contributed by atoms with Gasteiger partial charge in [-0.3, -0.25) is 9.36 Å². The fourth-order valence-electron chi connectivity index (χ4n) is 1.44. The van der Waals surface area contributed by atoms with Gasteiger partial charge in [-0.25, -0.2) is 0 Å².